The van der Waals surface area contributed by atoms with Crippen LogP contribution >= 0.6 is 11.8 Å². The van der Waals surface area contributed by atoms with Crippen LogP contribution in [-0.4, -0.2) is 20.2 Å². The first-order chi connectivity index (χ1) is 21.8. The summed E-state index contributed by atoms with van der Waals surface area (Å²) in [6.45, 7) is 0. The Bertz CT molecular complexity index is 2590. The molecule has 1 N–H and O–H groups in total. The monoisotopic (exact) mass is 580 g/mol. The Kier molecular flexibility index (Phi) is 4.96. The van der Waals surface area contributed by atoms with Gasteiger partial charge in [0.2, 0.25) is 0 Å². The number of aromatic nitrogens is 3. The first-order valence-electron chi connectivity index (χ1n) is 14.9. The summed E-state index contributed by atoms with van der Waals surface area (Å²) >= 11 is 1.89. The summed E-state index contributed by atoms with van der Waals surface area (Å²) in [5.74, 6) is 1.63. The molecule has 5 heteroatoms. The molecule has 6 aromatic carbocycles. The topological polar surface area (TPSA) is 42.2 Å². The van der Waals surface area contributed by atoms with E-state index in [9.17, 15) is 0 Å². The van der Waals surface area contributed by atoms with Gasteiger partial charge in [0, 0.05) is 48.6 Å². The van der Waals surface area contributed by atoms with E-state index in [1.54, 1.807) is 0 Å². The van der Waals surface area contributed by atoms with Gasteiger partial charge in [-0.3, -0.25) is 0 Å². The summed E-state index contributed by atoms with van der Waals surface area (Å²) in [5.41, 5.74) is 11.3. The Morgan fingerprint density at radius 3 is 2.27 bits per heavy atom. The molecule has 0 aliphatic carbocycles. The van der Waals surface area contributed by atoms with Crippen molar-refractivity contribution in [1.82, 2.24) is 14.4 Å². The fourth-order valence-corrected chi connectivity index (χ4v) is 8.06. The minimum absolute atomic E-state index is 0.733. The number of hydrogen-bond acceptors (Lipinski definition) is 4. The van der Waals surface area contributed by atoms with Crippen molar-refractivity contribution in [1.29, 1.82) is 0 Å². The number of anilines is 1. The van der Waals surface area contributed by atoms with E-state index in [0.29, 0.717) is 0 Å². The van der Waals surface area contributed by atoms with Crippen molar-refractivity contribution < 1.29 is 0 Å². The molecule has 0 saturated carbocycles. The molecule has 0 saturated heterocycles. The first-order valence-corrected chi connectivity index (χ1v) is 15.8. The summed E-state index contributed by atoms with van der Waals surface area (Å²) in [6, 6.07) is 45.3. The van der Waals surface area contributed by atoms with Crippen molar-refractivity contribution in [2.24, 2.45) is 0 Å². The first kappa shape index (κ1) is 24.1. The maximum Gasteiger partial charge on any atom is 0.160 e. The van der Waals surface area contributed by atoms with E-state index >= 15 is 0 Å². The third-order valence-electron chi connectivity index (χ3n) is 9.00. The Labute approximate surface area is 257 Å². The number of para-hydroxylation sites is 2. The molecule has 3 aromatic heterocycles. The van der Waals surface area contributed by atoms with Gasteiger partial charge in [-0.15, -0.1) is 11.8 Å². The normalized spacial score (nSPS) is 13.0. The van der Waals surface area contributed by atoms with Crippen molar-refractivity contribution >= 4 is 66.4 Å². The SMILES string of the molecule is c1ccc(-c2cccc(-c3nc(-c4ccc5c(c4)c4c6c(cc7c8ccccc8n5c74)NCS6)c4ccccc4n3)c2)cc1. The maximum atomic E-state index is 5.27. The van der Waals surface area contributed by atoms with Gasteiger partial charge in [-0.05, 0) is 47.5 Å². The smallest absolute Gasteiger partial charge is 0.160 e. The van der Waals surface area contributed by atoms with Crippen LogP contribution in [-0.2, 0) is 0 Å². The highest BCUT2D eigenvalue weighted by molar-refractivity contribution is 8.00. The highest BCUT2D eigenvalue weighted by Crippen LogP contribution is 2.49. The summed E-state index contributed by atoms with van der Waals surface area (Å²) in [6.07, 6.45) is 0. The number of nitrogens with zero attached hydrogens (tertiary/aromatic N) is 3. The molecular weight excluding hydrogens is 557 g/mol. The van der Waals surface area contributed by atoms with Crippen LogP contribution in [0.4, 0.5) is 5.69 Å². The van der Waals surface area contributed by atoms with Crippen LogP contribution in [0.15, 0.2) is 132 Å². The van der Waals surface area contributed by atoms with Gasteiger partial charge in [-0.25, -0.2) is 9.97 Å². The molecule has 1 aliphatic heterocycles. The summed E-state index contributed by atoms with van der Waals surface area (Å²) in [4.78, 5) is 11.7. The lowest BCUT2D eigenvalue weighted by molar-refractivity contribution is 1.23. The lowest BCUT2D eigenvalue weighted by atomic mass is 10.0. The zero-order chi connectivity index (χ0) is 28.8. The fourth-order valence-electron chi connectivity index (χ4n) is 7.05. The number of hydrogen-bond donors (Lipinski definition) is 1. The average Bonchev–Trinajstić information content (AvgIpc) is 3.79. The number of nitrogens with one attached hydrogen (secondary N) is 1. The van der Waals surface area contributed by atoms with Gasteiger partial charge < -0.3 is 9.72 Å². The van der Waals surface area contributed by atoms with E-state index in [2.05, 4.69) is 131 Å². The number of benzene rings is 6. The van der Waals surface area contributed by atoms with Gasteiger partial charge in [0.25, 0.3) is 0 Å². The molecule has 0 radical (unpaired) electrons. The molecule has 0 fully saturated rings. The molecule has 4 heterocycles. The van der Waals surface area contributed by atoms with E-state index < -0.39 is 0 Å². The summed E-state index contributed by atoms with van der Waals surface area (Å²) in [7, 11) is 0. The van der Waals surface area contributed by atoms with Crippen LogP contribution in [0.2, 0.25) is 0 Å². The van der Waals surface area contributed by atoms with Crippen molar-refractivity contribution in [3.63, 3.8) is 0 Å². The summed E-state index contributed by atoms with van der Waals surface area (Å²) in [5, 5.41) is 9.86. The van der Waals surface area contributed by atoms with E-state index in [1.165, 1.54) is 54.2 Å². The number of fused-ring (bicyclic) bond motifs is 9. The van der Waals surface area contributed by atoms with E-state index in [4.69, 9.17) is 9.97 Å². The Morgan fingerprint density at radius 2 is 1.34 bits per heavy atom. The zero-order valence-electron chi connectivity index (χ0n) is 23.6. The Hall–Kier alpha value is -5.39. The Morgan fingerprint density at radius 1 is 0.568 bits per heavy atom. The fraction of sp³-hybridized carbons (Fsp3) is 0.0256. The molecule has 10 rings (SSSR count). The molecule has 0 bridgehead atoms. The molecule has 4 nitrogen and oxygen atoms in total. The average molecular weight is 581 g/mol. The second-order valence-electron chi connectivity index (χ2n) is 11.4. The second kappa shape index (κ2) is 9.06. The highest BCUT2D eigenvalue weighted by Gasteiger charge is 2.25. The summed E-state index contributed by atoms with van der Waals surface area (Å²) < 4.78 is 2.46. The van der Waals surface area contributed by atoms with Crippen LogP contribution in [0.3, 0.4) is 0 Å². The molecule has 206 valence electrons. The van der Waals surface area contributed by atoms with Crippen LogP contribution in [0.5, 0.6) is 0 Å². The molecular formula is C39H24N4S. The van der Waals surface area contributed by atoms with Crippen LogP contribution in [0, 0.1) is 0 Å². The molecule has 9 aromatic rings. The lowest BCUT2D eigenvalue weighted by Crippen LogP contribution is -1.95. The van der Waals surface area contributed by atoms with Crippen molar-refractivity contribution in [3.8, 4) is 33.8 Å². The predicted octanol–water partition coefficient (Wildman–Crippen LogP) is 10.3. The van der Waals surface area contributed by atoms with Crippen molar-refractivity contribution in [2.75, 3.05) is 11.2 Å². The quantitative estimate of drug-likeness (QED) is 0.226. The predicted molar refractivity (Wildman–Crippen MR) is 185 cm³/mol. The van der Waals surface area contributed by atoms with Gasteiger partial charge in [-0.2, -0.15) is 0 Å². The molecule has 0 atom stereocenters. The third-order valence-corrected chi connectivity index (χ3v) is 10.0. The molecule has 1 aliphatic rings. The minimum atomic E-state index is 0.733. The van der Waals surface area contributed by atoms with E-state index in [1.807, 2.05) is 17.8 Å². The van der Waals surface area contributed by atoms with Crippen LogP contribution in [0.1, 0.15) is 0 Å². The lowest BCUT2D eigenvalue weighted by Gasteiger charge is -2.11. The van der Waals surface area contributed by atoms with Gasteiger partial charge in [0.1, 0.15) is 0 Å². The number of rotatable bonds is 3. The standard InChI is InChI=1S/C39H24N4S/c1-2-9-23(10-3-1)24-11-8-12-26(19-24)39-41-31-15-6-4-14-28(31)36(42-39)25-17-18-34-30(20-25)35-37-29(21-32-38(35)44-22-40-32)27-13-5-7-16-33(27)43(34)37/h1-21,40H,22H2. The Balaban J connectivity index is 1.24. The minimum Gasteiger partial charge on any atom is -0.375 e. The highest BCUT2D eigenvalue weighted by atomic mass is 32.2. The molecule has 0 amide bonds. The zero-order valence-corrected chi connectivity index (χ0v) is 24.4. The maximum absolute atomic E-state index is 5.27. The van der Waals surface area contributed by atoms with Crippen LogP contribution < -0.4 is 5.32 Å². The molecule has 0 unspecified atom stereocenters. The number of thioether (sulfide) groups is 1. The third kappa shape index (κ3) is 3.36. The van der Waals surface area contributed by atoms with E-state index in [0.717, 1.165) is 45.0 Å². The van der Waals surface area contributed by atoms with Gasteiger partial charge >= 0.3 is 0 Å². The van der Waals surface area contributed by atoms with Crippen molar-refractivity contribution in [2.45, 2.75) is 4.90 Å². The van der Waals surface area contributed by atoms with Crippen molar-refractivity contribution in [3.05, 3.63) is 127 Å². The van der Waals surface area contributed by atoms with E-state index in [-0.39, 0.29) is 0 Å². The van der Waals surface area contributed by atoms with Gasteiger partial charge in [-0.1, -0.05) is 91.0 Å². The molecule has 44 heavy (non-hydrogen) atoms. The largest absolute Gasteiger partial charge is 0.375 e. The van der Waals surface area contributed by atoms with Gasteiger partial charge in [0.05, 0.1) is 33.6 Å². The van der Waals surface area contributed by atoms with Gasteiger partial charge in [0.15, 0.2) is 5.82 Å². The van der Waals surface area contributed by atoms with Crippen LogP contribution in [0.25, 0.3) is 82.8 Å². The molecule has 0 spiro atoms. The second-order valence-corrected chi connectivity index (χ2v) is 12.4.